The number of carbonyl (C=O) groups is 1. The Labute approximate surface area is 115 Å². The van der Waals surface area contributed by atoms with Gasteiger partial charge < -0.3 is 15.2 Å². The second kappa shape index (κ2) is 6.06. The molecule has 5 heteroatoms. The Morgan fingerprint density at radius 3 is 2.75 bits per heavy atom. The Morgan fingerprint density at radius 2 is 2.05 bits per heavy atom. The van der Waals surface area contributed by atoms with E-state index in [0.29, 0.717) is 5.75 Å². The van der Waals surface area contributed by atoms with E-state index in [1.165, 1.54) is 12.1 Å². The highest BCUT2D eigenvalue weighted by Gasteiger charge is 2.12. The minimum absolute atomic E-state index is 0.113. The highest BCUT2D eigenvalue weighted by atomic mass is 19.1. The monoisotopic (exact) mass is 275 g/mol. The van der Waals surface area contributed by atoms with Crippen molar-refractivity contribution in [2.75, 3.05) is 7.11 Å². The number of benzene rings is 2. The van der Waals surface area contributed by atoms with Crippen LogP contribution in [-0.4, -0.2) is 18.1 Å². The summed E-state index contributed by atoms with van der Waals surface area (Å²) in [6.45, 7) is 0.225. The number of amides is 1. The van der Waals surface area contributed by atoms with Gasteiger partial charge in [0.1, 0.15) is 17.3 Å². The van der Waals surface area contributed by atoms with Crippen LogP contribution in [0.15, 0.2) is 42.5 Å². The molecule has 0 aliphatic rings. The maximum atomic E-state index is 13.5. The van der Waals surface area contributed by atoms with E-state index >= 15 is 0 Å². The van der Waals surface area contributed by atoms with Crippen molar-refractivity contribution in [3.05, 3.63) is 59.4 Å². The molecule has 0 saturated heterocycles. The molecule has 4 nitrogen and oxygen atoms in total. The van der Waals surface area contributed by atoms with Crippen molar-refractivity contribution in [3.8, 4) is 11.5 Å². The molecule has 0 heterocycles. The number of carbonyl (C=O) groups excluding carboxylic acids is 1. The van der Waals surface area contributed by atoms with Gasteiger partial charge in [0, 0.05) is 18.2 Å². The predicted octanol–water partition coefficient (Wildman–Crippen LogP) is 2.47. The molecular formula is C15H14FNO3. The number of ether oxygens (including phenoxy) is 1. The summed E-state index contributed by atoms with van der Waals surface area (Å²) in [6.07, 6.45) is 0. The van der Waals surface area contributed by atoms with Crippen molar-refractivity contribution < 1.29 is 19.0 Å². The lowest BCUT2D eigenvalue weighted by Crippen LogP contribution is -2.24. The van der Waals surface area contributed by atoms with E-state index in [1.54, 1.807) is 13.2 Å². The topological polar surface area (TPSA) is 58.6 Å². The maximum Gasteiger partial charge on any atom is 0.254 e. The molecule has 0 aliphatic carbocycles. The standard InChI is InChI=1S/C15H14FNO3/c1-20-14-5-3-2-4-10(14)9-17-15(19)12-7-6-11(18)8-13(12)16/h2-8,18H,9H2,1H3,(H,17,19). The van der Waals surface area contributed by atoms with Gasteiger partial charge in [0.25, 0.3) is 5.91 Å². The summed E-state index contributed by atoms with van der Waals surface area (Å²) in [5.74, 6) is -0.876. The Bertz CT molecular complexity index is 628. The van der Waals surface area contributed by atoms with E-state index in [-0.39, 0.29) is 17.9 Å². The first kappa shape index (κ1) is 13.9. The molecule has 104 valence electrons. The number of methoxy groups -OCH3 is 1. The van der Waals surface area contributed by atoms with Crippen LogP contribution in [-0.2, 0) is 6.54 Å². The summed E-state index contributed by atoms with van der Waals surface area (Å²) in [5.41, 5.74) is 0.681. The Kier molecular flexibility index (Phi) is 4.20. The fourth-order valence-corrected chi connectivity index (χ4v) is 1.81. The van der Waals surface area contributed by atoms with Gasteiger partial charge in [-0.25, -0.2) is 4.39 Å². The van der Waals surface area contributed by atoms with Crippen LogP contribution < -0.4 is 10.1 Å². The lowest BCUT2D eigenvalue weighted by atomic mass is 10.1. The first-order chi connectivity index (χ1) is 9.61. The van der Waals surface area contributed by atoms with Gasteiger partial charge in [-0.15, -0.1) is 0 Å². The molecule has 2 aromatic carbocycles. The van der Waals surface area contributed by atoms with E-state index in [4.69, 9.17) is 9.84 Å². The summed E-state index contributed by atoms with van der Waals surface area (Å²) in [5, 5.41) is 11.7. The normalized spacial score (nSPS) is 10.1. The Morgan fingerprint density at radius 1 is 1.30 bits per heavy atom. The lowest BCUT2D eigenvalue weighted by molar-refractivity contribution is 0.0946. The van der Waals surface area contributed by atoms with Crippen molar-refractivity contribution in [3.63, 3.8) is 0 Å². The van der Waals surface area contributed by atoms with E-state index in [9.17, 15) is 9.18 Å². The van der Waals surface area contributed by atoms with Crippen LogP contribution in [0.25, 0.3) is 0 Å². The van der Waals surface area contributed by atoms with Crippen molar-refractivity contribution in [2.45, 2.75) is 6.54 Å². The number of rotatable bonds is 4. The number of phenolic OH excluding ortho intramolecular Hbond substituents is 1. The minimum atomic E-state index is -0.762. The fraction of sp³-hybridized carbons (Fsp3) is 0.133. The number of nitrogens with one attached hydrogen (secondary N) is 1. The molecule has 20 heavy (non-hydrogen) atoms. The lowest BCUT2D eigenvalue weighted by Gasteiger charge is -2.10. The van der Waals surface area contributed by atoms with Gasteiger partial charge in [0.15, 0.2) is 0 Å². The van der Waals surface area contributed by atoms with E-state index in [2.05, 4.69) is 5.32 Å². The highest BCUT2D eigenvalue weighted by molar-refractivity contribution is 5.94. The zero-order valence-electron chi connectivity index (χ0n) is 10.9. The predicted molar refractivity (Wildman–Crippen MR) is 72.2 cm³/mol. The number of aromatic hydroxyl groups is 1. The van der Waals surface area contributed by atoms with Crippen LogP contribution in [0.3, 0.4) is 0 Å². The molecule has 0 bridgehead atoms. The van der Waals surface area contributed by atoms with Gasteiger partial charge in [0.2, 0.25) is 0 Å². The Hall–Kier alpha value is -2.56. The second-order valence-electron chi connectivity index (χ2n) is 4.16. The van der Waals surface area contributed by atoms with Crippen LogP contribution in [0.4, 0.5) is 4.39 Å². The summed E-state index contributed by atoms with van der Waals surface area (Å²) in [6, 6.07) is 10.6. The molecule has 0 spiro atoms. The molecule has 0 fully saturated rings. The van der Waals surface area contributed by atoms with E-state index < -0.39 is 11.7 Å². The third-order valence-corrected chi connectivity index (χ3v) is 2.83. The molecule has 0 unspecified atom stereocenters. The summed E-state index contributed by atoms with van der Waals surface area (Å²) < 4.78 is 18.7. The fourth-order valence-electron chi connectivity index (χ4n) is 1.81. The molecule has 0 saturated carbocycles. The van der Waals surface area contributed by atoms with Gasteiger partial charge in [-0.3, -0.25) is 4.79 Å². The molecule has 2 rings (SSSR count). The van der Waals surface area contributed by atoms with Gasteiger partial charge in [0.05, 0.1) is 12.7 Å². The largest absolute Gasteiger partial charge is 0.508 e. The zero-order valence-corrected chi connectivity index (χ0v) is 10.9. The van der Waals surface area contributed by atoms with Crippen molar-refractivity contribution in [2.24, 2.45) is 0 Å². The Balaban J connectivity index is 2.09. The maximum absolute atomic E-state index is 13.5. The number of halogens is 1. The van der Waals surface area contributed by atoms with Crippen LogP contribution in [0.5, 0.6) is 11.5 Å². The molecular weight excluding hydrogens is 261 g/mol. The molecule has 1 amide bonds. The number of phenols is 1. The van der Waals surface area contributed by atoms with Crippen LogP contribution in [0, 0.1) is 5.82 Å². The van der Waals surface area contributed by atoms with Crippen molar-refractivity contribution in [1.82, 2.24) is 5.32 Å². The minimum Gasteiger partial charge on any atom is -0.508 e. The van der Waals surface area contributed by atoms with Crippen LogP contribution >= 0.6 is 0 Å². The molecule has 0 atom stereocenters. The highest BCUT2D eigenvalue weighted by Crippen LogP contribution is 2.18. The SMILES string of the molecule is COc1ccccc1CNC(=O)c1ccc(O)cc1F. The summed E-state index contributed by atoms with van der Waals surface area (Å²) in [4.78, 5) is 11.9. The molecule has 0 radical (unpaired) electrons. The first-order valence-corrected chi connectivity index (χ1v) is 6.00. The second-order valence-corrected chi connectivity index (χ2v) is 4.16. The van der Waals surface area contributed by atoms with E-state index in [0.717, 1.165) is 11.6 Å². The average Bonchev–Trinajstić information content (AvgIpc) is 2.45. The molecule has 2 aromatic rings. The molecule has 0 aromatic heterocycles. The quantitative estimate of drug-likeness (QED) is 0.901. The number of hydrogen-bond acceptors (Lipinski definition) is 3. The zero-order chi connectivity index (χ0) is 14.5. The molecule has 0 aliphatic heterocycles. The van der Waals surface area contributed by atoms with E-state index in [1.807, 2.05) is 18.2 Å². The van der Waals surface area contributed by atoms with Crippen LogP contribution in [0.2, 0.25) is 0 Å². The third-order valence-electron chi connectivity index (χ3n) is 2.83. The van der Waals surface area contributed by atoms with Gasteiger partial charge in [-0.2, -0.15) is 0 Å². The number of hydrogen-bond donors (Lipinski definition) is 2. The third kappa shape index (κ3) is 3.06. The van der Waals surface area contributed by atoms with Crippen molar-refractivity contribution >= 4 is 5.91 Å². The first-order valence-electron chi connectivity index (χ1n) is 6.00. The summed E-state index contributed by atoms with van der Waals surface area (Å²) in [7, 11) is 1.54. The van der Waals surface area contributed by atoms with Gasteiger partial charge in [-0.05, 0) is 18.2 Å². The summed E-state index contributed by atoms with van der Waals surface area (Å²) >= 11 is 0. The smallest absolute Gasteiger partial charge is 0.254 e. The van der Waals surface area contributed by atoms with Gasteiger partial charge >= 0.3 is 0 Å². The van der Waals surface area contributed by atoms with Gasteiger partial charge in [-0.1, -0.05) is 18.2 Å². The average molecular weight is 275 g/mol. The van der Waals surface area contributed by atoms with Crippen molar-refractivity contribution in [1.29, 1.82) is 0 Å². The molecule has 2 N–H and O–H groups in total. The number of para-hydroxylation sites is 1. The van der Waals surface area contributed by atoms with Crippen LogP contribution in [0.1, 0.15) is 15.9 Å².